The molecule has 0 radical (unpaired) electrons. The van der Waals surface area contributed by atoms with Gasteiger partial charge in [0.25, 0.3) is 5.56 Å². The molecule has 1 aliphatic heterocycles. The summed E-state index contributed by atoms with van der Waals surface area (Å²) in [7, 11) is 1.52. The van der Waals surface area contributed by atoms with Gasteiger partial charge in [0, 0.05) is 40.2 Å². The number of hydrogen-bond acceptors (Lipinski definition) is 7. The molecule has 0 fully saturated rings. The average molecular weight is 492 g/mol. The van der Waals surface area contributed by atoms with Crippen LogP contribution in [0.5, 0.6) is 0 Å². The lowest BCUT2D eigenvalue weighted by Gasteiger charge is -2.27. The maximum absolute atomic E-state index is 13.7. The van der Waals surface area contributed by atoms with Crippen LogP contribution in [0.25, 0.3) is 32.2 Å². The van der Waals surface area contributed by atoms with Gasteiger partial charge >= 0.3 is 5.69 Å². The molecular weight excluding hydrogens is 474 g/mol. The standard InChI is InChI=1S/C24H18ClN5O3S/c1-33-29-11-4-8-17(22(29)25)20-12-18-21(34-20)23(31)30(24(32)28(18)10-5-9-26)19-14-27-13-15-6-2-3-7-16(15)19/h2-4,6-8,11-14,22H,5,10H2,1H3. The Hall–Kier alpha value is -3.71. The smallest absolute Gasteiger partial charge is 0.291 e. The third-order valence-electron chi connectivity index (χ3n) is 5.64. The molecule has 0 saturated carbocycles. The molecular formula is C24H18ClN5O3S. The molecule has 34 heavy (non-hydrogen) atoms. The predicted octanol–water partition coefficient (Wildman–Crippen LogP) is 4.01. The SMILES string of the molecule is CON1C=CC=C(c2cc3c(s2)c(=O)n(-c2cncc4ccccc24)c(=O)n3CCC#N)C1Cl. The Morgan fingerprint density at radius 1 is 1.26 bits per heavy atom. The van der Waals surface area contributed by atoms with Crippen molar-refractivity contribution in [3.8, 4) is 11.8 Å². The summed E-state index contributed by atoms with van der Waals surface area (Å²) in [4.78, 5) is 37.6. The molecule has 4 aromatic rings. The number of alkyl halides is 1. The number of hydroxylamine groups is 2. The third kappa shape index (κ3) is 3.53. The van der Waals surface area contributed by atoms with Gasteiger partial charge in [0.2, 0.25) is 0 Å². The van der Waals surface area contributed by atoms with E-state index in [2.05, 4.69) is 11.1 Å². The van der Waals surface area contributed by atoms with Crippen molar-refractivity contribution in [3.05, 3.63) is 86.8 Å². The highest BCUT2D eigenvalue weighted by atomic mass is 35.5. The van der Waals surface area contributed by atoms with Crippen molar-refractivity contribution >= 4 is 49.5 Å². The molecule has 1 aliphatic rings. The summed E-state index contributed by atoms with van der Waals surface area (Å²) in [6, 6.07) is 11.3. The van der Waals surface area contributed by atoms with Crippen LogP contribution in [0.1, 0.15) is 11.3 Å². The van der Waals surface area contributed by atoms with E-state index in [1.54, 1.807) is 24.5 Å². The van der Waals surface area contributed by atoms with Gasteiger partial charge in [-0.3, -0.25) is 19.2 Å². The quantitative estimate of drug-likeness (QED) is 0.309. The third-order valence-corrected chi connectivity index (χ3v) is 7.23. The molecule has 4 heterocycles. The monoisotopic (exact) mass is 491 g/mol. The number of rotatable bonds is 5. The van der Waals surface area contributed by atoms with E-state index in [0.29, 0.717) is 15.9 Å². The van der Waals surface area contributed by atoms with Crippen molar-refractivity contribution in [2.45, 2.75) is 18.5 Å². The van der Waals surface area contributed by atoms with Crippen molar-refractivity contribution in [2.24, 2.45) is 0 Å². The second kappa shape index (κ2) is 8.91. The number of benzene rings is 1. The summed E-state index contributed by atoms with van der Waals surface area (Å²) in [5.74, 6) is 0. The number of pyridine rings is 1. The van der Waals surface area contributed by atoms with E-state index in [1.165, 1.54) is 34.3 Å². The average Bonchev–Trinajstić information content (AvgIpc) is 3.30. The number of allylic oxidation sites excluding steroid dienone is 2. The summed E-state index contributed by atoms with van der Waals surface area (Å²) in [6.45, 7) is 0.147. The summed E-state index contributed by atoms with van der Waals surface area (Å²) in [5, 5.41) is 12.2. The van der Waals surface area contributed by atoms with Crippen LogP contribution >= 0.6 is 22.9 Å². The first-order valence-corrected chi connectivity index (χ1v) is 11.6. The van der Waals surface area contributed by atoms with Crippen molar-refractivity contribution in [2.75, 3.05) is 7.11 Å². The summed E-state index contributed by atoms with van der Waals surface area (Å²) in [5.41, 5.74) is 0.0448. The molecule has 8 nitrogen and oxygen atoms in total. The van der Waals surface area contributed by atoms with Crippen molar-refractivity contribution < 1.29 is 4.84 Å². The second-order valence-corrected chi connectivity index (χ2v) is 9.00. The predicted molar refractivity (Wildman–Crippen MR) is 133 cm³/mol. The zero-order valence-corrected chi connectivity index (χ0v) is 19.6. The highest BCUT2D eigenvalue weighted by Crippen LogP contribution is 2.35. The number of nitriles is 1. The lowest BCUT2D eigenvalue weighted by Crippen LogP contribution is -2.38. The normalized spacial score (nSPS) is 15.6. The first-order chi connectivity index (χ1) is 16.5. The Labute approximate surface area is 202 Å². The molecule has 1 aromatic carbocycles. The summed E-state index contributed by atoms with van der Waals surface area (Å²) >= 11 is 7.83. The molecule has 0 N–H and O–H groups in total. The summed E-state index contributed by atoms with van der Waals surface area (Å²) < 4.78 is 3.01. The molecule has 0 aliphatic carbocycles. The van der Waals surface area contributed by atoms with Gasteiger partial charge < -0.3 is 0 Å². The maximum Gasteiger partial charge on any atom is 0.336 e. The number of aromatic nitrogens is 3. The zero-order chi connectivity index (χ0) is 23.8. The lowest BCUT2D eigenvalue weighted by atomic mass is 10.1. The Morgan fingerprint density at radius 2 is 2.09 bits per heavy atom. The van der Waals surface area contributed by atoms with Crippen LogP contribution in [-0.2, 0) is 11.4 Å². The maximum atomic E-state index is 13.7. The number of fused-ring (bicyclic) bond motifs is 2. The van der Waals surface area contributed by atoms with Crippen molar-refractivity contribution in [3.63, 3.8) is 0 Å². The van der Waals surface area contributed by atoms with Crippen LogP contribution in [0.15, 0.2) is 70.7 Å². The number of hydrogen-bond donors (Lipinski definition) is 0. The number of halogens is 1. The molecule has 0 bridgehead atoms. The molecule has 1 atom stereocenters. The highest BCUT2D eigenvalue weighted by Gasteiger charge is 2.25. The fourth-order valence-electron chi connectivity index (χ4n) is 4.04. The molecule has 0 amide bonds. The van der Waals surface area contributed by atoms with Gasteiger partial charge in [-0.1, -0.05) is 41.9 Å². The van der Waals surface area contributed by atoms with E-state index in [-0.39, 0.29) is 13.0 Å². The van der Waals surface area contributed by atoms with Gasteiger partial charge in [-0.25, -0.2) is 14.4 Å². The van der Waals surface area contributed by atoms with E-state index in [0.717, 1.165) is 25.8 Å². The molecule has 0 spiro atoms. The van der Waals surface area contributed by atoms with Gasteiger partial charge in [0.15, 0.2) is 5.50 Å². The lowest BCUT2D eigenvalue weighted by molar-refractivity contribution is -0.0875. The minimum Gasteiger partial charge on any atom is -0.291 e. The molecule has 1 unspecified atom stereocenters. The van der Waals surface area contributed by atoms with Crippen molar-refractivity contribution in [1.29, 1.82) is 5.26 Å². The first kappa shape index (κ1) is 22.1. The van der Waals surface area contributed by atoms with Crippen LogP contribution in [0, 0.1) is 11.3 Å². The molecule has 3 aromatic heterocycles. The number of thiophene rings is 1. The molecule has 0 saturated heterocycles. The van der Waals surface area contributed by atoms with Crippen LogP contribution in [-0.4, -0.2) is 31.8 Å². The largest absolute Gasteiger partial charge is 0.336 e. The van der Waals surface area contributed by atoms with Crippen molar-refractivity contribution in [1.82, 2.24) is 19.2 Å². The molecule has 170 valence electrons. The van der Waals surface area contributed by atoms with Gasteiger partial charge in [-0.2, -0.15) is 5.26 Å². The Kier molecular flexibility index (Phi) is 5.79. The Bertz CT molecular complexity index is 1640. The van der Waals surface area contributed by atoms with Crippen LogP contribution < -0.4 is 11.2 Å². The van der Waals surface area contributed by atoms with Gasteiger partial charge in [-0.15, -0.1) is 11.3 Å². The van der Waals surface area contributed by atoms with Crippen LogP contribution in [0.4, 0.5) is 0 Å². The molecule has 5 rings (SSSR count). The van der Waals surface area contributed by atoms with Gasteiger partial charge in [0.1, 0.15) is 4.70 Å². The van der Waals surface area contributed by atoms with Crippen LogP contribution in [0.3, 0.4) is 0 Å². The fourth-order valence-corrected chi connectivity index (χ4v) is 5.58. The Balaban J connectivity index is 1.80. The van der Waals surface area contributed by atoms with E-state index >= 15 is 0 Å². The number of nitrogens with zero attached hydrogens (tertiary/aromatic N) is 5. The van der Waals surface area contributed by atoms with Gasteiger partial charge in [0.05, 0.1) is 37.0 Å². The van der Waals surface area contributed by atoms with E-state index in [1.807, 2.05) is 30.3 Å². The Morgan fingerprint density at radius 3 is 2.88 bits per heavy atom. The second-order valence-electron chi connectivity index (χ2n) is 7.53. The van der Waals surface area contributed by atoms with E-state index < -0.39 is 16.8 Å². The summed E-state index contributed by atoms with van der Waals surface area (Å²) in [6.07, 6.45) is 8.67. The fraction of sp³-hybridized carbons (Fsp3) is 0.167. The van der Waals surface area contributed by atoms with Crippen LogP contribution in [0.2, 0.25) is 0 Å². The zero-order valence-electron chi connectivity index (χ0n) is 18.0. The topological polar surface area (TPSA) is 93.2 Å². The molecule has 10 heteroatoms. The number of aryl methyl sites for hydroxylation is 1. The minimum atomic E-state index is -0.605. The van der Waals surface area contributed by atoms with E-state index in [9.17, 15) is 14.9 Å². The highest BCUT2D eigenvalue weighted by molar-refractivity contribution is 7.20. The minimum absolute atomic E-state index is 0.118. The first-order valence-electron chi connectivity index (χ1n) is 10.4. The van der Waals surface area contributed by atoms with E-state index in [4.69, 9.17) is 16.4 Å². The van der Waals surface area contributed by atoms with Gasteiger partial charge in [-0.05, 0) is 12.1 Å².